The van der Waals surface area contributed by atoms with Crippen LogP contribution in [0.3, 0.4) is 0 Å². The maximum absolute atomic E-state index is 9.34. The Morgan fingerprint density at radius 3 is 2.81 bits per heavy atom. The van der Waals surface area contributed by atoms with Crippen LogP contribution >= 0.6 is 0 Å². The van der Waals surface area contributed by atoms with Gasteiger partial charge in [-0.05, 0) is 37.1 Å². The van der Waals surface area contributed by atoms with Gasteiger partial charge in [-0.15, -0.1) is 5.10 Å². The first-order chi connectivity index (χ1) is 12.8. The fourth-order valence-electron chi connectivity index (χ4n) is 4.41. The van der Waals surface area contributed by atoms with Crippen molar-refractivity contribution >= 4 is 0 Å². The highest BCUT2D eigenvalue weighted by Gasteiger charge is 2.41. The van der Waals surface area contributed by atoms with E-state index in [-0.39, 0.29) is 6.04 Å². The van der Waals surface area contributed by atoms with Crippen molar-refractivity contribution in [1.82, 2.24) is 19.9 Å². The van der Waals surface area contributed by atoms with Crippen LogP contribution in [0.15, 0.2) is 54.6 Å². The molecule has 2 atom stereocenters. The molecule has 0 aliphatic carbocycles. The second-order valence-corrected chi connectivity index (χ2v) is 7.05. The van der Waals surface area contributed by atoms with E-state index in [1.807, 2.05) is 36.4 Å². The van der Waals surface area contributed by atoms with Gasteiger partial charge in [0.25, 0.3) is 0 Å². The van der Waals surface area contributed by atoms with Crippen molar-refractivity contribution in [3.05, 3.63) is 71.4 Å². The minimum atomic E-state index is 0.0924. The number of rotatable bonds is 2. The lowest BCUT2D eigenvalue weighted by Gasteiger charge is -2.38. The molecule has 0 amide bonds. The summed E-state index contributed by atoms with van der Waals surface area (Å²) in [5.41, 5.74) is 5.03. The van der Waals surface area contributed by atoms with Gasteiger partial charge < -0.3 is 0 Å². The normalized spacial score (nSPS) is 21.8. The molecule has 128 valence electrons. The van der Waals surface area contributed by atoms with E-state index in [1.165, 1.54) is 12.8 Å². The summed E-state index contributed by atoms with van der Waals surface area (Å²) in [6, 6.07) is 21.1. The minimum Gasteiger partial charge on any atom is -0.286 e. The number of fused-ring (bicyclic) bond motifs is 2. The van der Waals surface area contributed by atoms with E-state index in [2.05, 4.69) is 44.2 Å². The van der Waals surface area contributed by atoms with Crippen LogP contribution in [-0.2, 0) is 6.54 Å². The third-order valence-corrected chi connectivity index (χ3v) is 5.55. The fraction of sp³-hybridized carbons (Fsp3) is 0.286. The molecule has 1 aromatic heterocycles. The lowest BCUT2D eigenvalue weighted by atomic mass is 9.94. The highest BCUT2D eigenvalue weighted by atomic mass is 15.5. The van der Waals surface area contributed by atoms with Crippen molar-refractivity contribution in [3.63, 3.8) is 0 Å². The molecule has 3 aromatic rings. The average Bonchev–Trinajstić information content (AvgIpc) is 3.33. The van der Waals surface area contributed by atoms with Crippen molar-refractivity contribution < 1.29 is 0 Å². The zero-order valence-electron chi connectivity index (χ0n) is 14.4. The van der Waals surface area contributed by atoms with Gasteiger partial charge in [-0.2, -0.15) is 5.26 Å². The molecule has 0 saturated carbocycles. The van der Waals surface area contributed by atoms with Crippen LogP contribution < -0.4 is 0 Å². The molecule has 0 bridgehead atoms. The van der Waals surface area contributed by atoms with Crippen LogP contribution in [0, 0.1) is 11.3 Å². The van der Waals surface area contributed by atoms with E-state index in [1.54, 1.807) is 0 Å². The fourth-order valence-corrected chi connectivity index (χ4v) is 4.41. The Kier molecular flexibility index (Phi) is 3.58. The monoisotopic (exact) mass is 341 g/mol. The summed E-state index contributed by atoms with van der Waals surface area (Å²) in [5, 5.41) is 18.4. The molecule has 2 aromatic carbocycles. The molecular formula is C21H19N5. The van der Waals surface area contributed by atoms with E-state index >= 15 is 0 Å². The summed E-state index contributed by atoms with van der Waals surface area (Å²) < 4.78 is 2.08. The van der Waals surface area contributed by atoms with E-state index in [0.29, 0.717) is 11.6 Å². The van der Waals surface area contributed by atoms with Crippen molar-refractivity contribution in [2.45, 2.75) is 31.5 Å². The molecule has 26 heavy (non-hydrogen) atoms. The van der Waals surface area contributed by atoms with Gasteiger partial charge in [0.1, 0.15) is 5.69 Å². The predicted octanol–water partition coefficient (Wildman–Crippen LogP) is 3.38. The van der Waals surface area contributed by atoms with Gasteiger partial charge >= 0.3 is 0 Å². The Bertz CT molecular complexity index is 985. The van der Waals surface area contributed by atoms with Crippen molar-refractivity contribution in [2.75, 3.05) is 6.54 Å². The Labute approximate surface area is 152 Å². The molecule has 3 heterocycles. The number of hydrogen-bond donors (Lipinski definition) is 0. The summed E-state index contributed by atoms with van der Waals surface area (Å²) >= 11 is 0. The van der Waals surface area contributed by atoms with Crippen LogP contribution in [0.4, 0.5) is 0 Å². The predicted molar refractivity (Wildman–Crippen MR) is 98.2 cm³/mol. The number of nitrogens with zero attached hydrogens (tertiary/aromatic N) is 5. The first-order valence-electron chi connectivity index (χ1n) is 9.10. The molecule has 5 heteroatoms. The van der Waals surface area contributed by atoms with Gasteiger partial charge in [-0.3, -0.25) is 4.90 Å². The number of nitriles is 1. The molecule has 0 radical (unpaired) electrons. The molecule has 2 aliphatic heterocycles. The smallest absolute Gasteiger partial charge is 0.118 e. The molecule has 0 unspecified atom stereocenters. The number of hydrogen-bond acceptors (Lipinski definition) is 4. The molecule has 5 nitrogen and oxygen atoms in total. The zero-order valence-corrected chi connectivity index (χ0v) is 14.4. The van der Waals surface area contributed by atoms with Crippen LogP contribution in [0.25, 0.3) is 11.3 Å². The molecular weight excluding hydrogens is 322 g/mol. The van der Waals surface area contributed by atoms with E-state index < -0.39 is 0 Å². The third kappa shape index (κ3) is 2.34. The SMILES string of the molecule is N#Cc1cccc([C@H]2c3c(-c4ccccc4)nnn3C[C@@H]3CCCN32)c1. The lowest BCUT2D eigenvalue weighted by molar-refractivity contribution is 0.147. The molecule has 1 saturated heterocycles. The summed E-state index contributed by atoms with van der Waals surface area (Å²) in [6.45, 7) is 1.97. The first-order valence-corrected chi connectivity index (χ1v) is 9.10. The number of benzene rings is 2. The second kappa shape index (κ2) is 6.08. The van der Waals surface area contributed by atoms with Crippen LogP contribution in [0.5, 0.6) is 0 Å². The summed E-state index contributed by atoms with van der Waals surface area (Å²) in [4.78, 5) is 2.57. The van der Waals surface area contributed by atoms with Gasteiger partial charge in [0, 0.05) is 11.6 Å². The highest BCUT2D eigenvalue weighted by molar-refractivity contribution is 5.63. The standard InChI is InChI=1S/C21H19N5/c22-13-15-6-4-9-17(12-15)20-21-19(16-7-2-1-3-8-16)23-24-26(21)14-18-10-5-11-25(18)20/h1-4,6-9,12,18,20H,5,10-11,14H2/t18-,20-/m0/s1. The Balaban J connectivity index is 1.71. The minimum absolute atomic E-state index is 0.0924. The topological polar surface area (TPSA) is 57.7 Å². The van der Waals surface area contributed by atoms with Gasteiger partial charge in [-0.1, -0.05) is 47.7 Å². The van der Waals surface area contributed by atoms with Crippen LogP contribution in [0.1, 0.15) is 35.7 Å². The third-order valence-electron chi connectivity index (χ3n) is 5.55. The van der Waals surface area contributed by atoms with Crippen molar-refractivity contribution in [2.24, 2.45) is 0 Å². The largest absolute Gasteiger partial charge is 0.286 e. The van der Waals surface area contributed by atoms with E-state index in [9.17, 15) is 5.26 Å². The average molecular weight is 341 g/mol. The van der Waals surface area contributed by atoms with E-state index in [4.69, 9.17) is 0 Å². The van der Waals surface area contributed by atoms with Crippen LogP contribution in [0.2, 0.25) is 0 Å². The maximum Gasteiger partial charge on any atom is 0.118 e. The Hall–Kier alpha value is -2.97. The highest BCUT2D eigenvalue weighted by Crippen LogP contribution is 2.42. The van der Waals surface area contributed by atoms with Gasteiger partial charge in [0.15, 0.2) is 0 Å². The lowest BCUT2D eigenvalue weighted by Crippen LogP contribution is -2.43. The zero-order chi connectivity index (χ0) is 17.5. The van der Waals surface area contributed by atoms with Gasteiger partial charge in [0.2, 0.25) is 0 Å². The van der Waals surface area contributed by atoms with Crippen molar-refractivity contribution in [1.29, 1.82) is 5.26 Å². The molecule has 5 rings (SSSR count). The quantitative estimate of drug-likeness (QED) is 0.717. The summed E-state index contributed by atoms with van der Waals surface area (Å²) in [5.74, 6) is 0. The van der Waals surface area contributed by atoms with Crippen LogP contribution in [-0.4, -0.2) is 32.5 Å². The molecule has 0 spiro atoms. The van der Waals surface area contributed by atoms with Gasteiger partial charge in [-0.25, -0.2) is 4.68 Å². The molecule has 2 aliphatic rings. The van der Waals surface area contributed by atoms with Crippen molar-refractivity contribution in [3.8, 4) is 17.3 Å². The first kappa shape index (κ1) is 15.3. The molecule has 1 fully saturated rings. The molecule has 0 N–H and O–H groups in total. The maximum atomic E-state index is 9.34. The second-order valence-electron chi connectivity index (χ2n) is 7.05. The number of aromatic nitrogens is 3. The van der Waals surface area contributed by atoms with E-state index in [0.717, 1.165) is 35.6 Å². The van der Waals surface area contributed by atoms with Gasteiger partial charge in [0.05, 0.1) is 29.9 Å². The Morgan fingerprint density at radius 1 is 1.08 bits per heavy atom. The Morgan fingerprint density at radius 2 is 1.96 bits per heavy atom. The summed E-state index contributed by atoms with van der Waals surface area (Å²) in [6.07, 6.45) is 2.40. The summed E-state index contributed by atoms with van der Waals surface area (Å²) in [7, 11) is 0.